The van der Waals surface area contributed by atoms with Crippen molar-refractivity contribution in [2.75, 3.05) is 0 Å². The summed E-state index contributed by atoms with van der Waals surface area (Å²) in [5.41, 5.74) is 0. The molecule has 10 heavy (non-hydrogen) atoms. The van der Waals surface area contributed by atoms with Gasteiger partial charge < -0.3 is 4.74 Å². The van der Waals surface area contributed by atoms with Gasteiger partial charge in [-0.2, -0.15) is 5.26 Å². The molecule has 1 rings (SSSR count). The Bertz CT molecular complexity index is 139. The van der Waals surface area contributed by atoms with Crippen LogP contribution in [0.15, 0.2) is 0 Å². The van der Waals surface area contributed by atoms with Crippen LogP contribution in [-0.2, 0) is 4.74 Å². The van der Waals surface area contributed by atoms with Gasteiger partial charge >= 0.3 is 0 Å². The first-order valence-electron chi connectivity index (χ1n) is 3.85. The van der Waals surface area contributed by atoms with Crippen LogP contribution in [0.4, 0.5) is 0 Å². The summed E-state index contributed by atoms with van der Waals surface area (Å²) in [7, 11) is 0. The molecule has 1 heterocycles. The summed E-state index contributed by atoms with van der Waals surface area (Å²) in [6, 6.07) is 2.13. The van der Waals surface area contributed by atoms with E-state index in [1.54, 1.807) is 0 Å². The smallest absolute Gasteiger partial charge is 0.0708 e. The predicted molar refractivity (Wildman–Crippen MR) is 38.4 cm³/mol. The summed E-state index contributed by atoms with van der Waals surface area (Å²) in [6.45, 7) is 2.07. The van der Waals surface area contributed by atoms with E-state index in [2.05, 4.69) is 13.0 Å². The number of nitrogens with zero attached hydrogens (tertiary/aromatic N) is 1. The van der Waals surface area contributed by atoms with Crippen LogP contribution in [0.2, 0.25) is 0 Å². The summed E-state index contributed by atoms with van der Waals surface area (Å²) in [6.07, 6.45) is 4.58. The van der Waals surface area contributed by atoms with Crippen LogP contribution in [0.1, 0.15) is 32.6 Å². The average molecular weight is 139 g/mol. The minimum Gasteiger partial charge on any atom is -0.374 e. The molecule has 2 unspecified atom stereocenters. The molecule has 0 aromatic carbocycles. The summed E-state index contributed by atoms with van der Waals surface area (Å²) in [5, 5.41) is 8.37. The molecule has 2 nitrogen and oxygen atoms in total. The molecule has 2 atom stereocenters. The minimum atomic E-state index is 0.216. The summed E-state index contributed by atoms with van der Waals surface area (Å²) >= 11 is 0. The largest absolute Gasteiger partial charge is 0.374 e. The van der Waals surface area contributed by atoms with Gasteiger partial charge in [0.05, 0.1) is 24.7 Å². The second-order valence-electron chi connectivity index (χ2n) is 2.86. The highest BCUT2D eigenvalue weighted by atomic mass is 16.5. The van der Waals surface area contributed by atoms with Gasteiger partial charge in [-0.1, -0.05) is 0 Å². The number of rotatable bonds is 1. The molecule has 0 aliphatic carbocycles. The van der Waals surface area contributed by atoms with Gasteiger partial charge in [0.2, 0.25) is 0 Å². The Morgan fingerprint density at radius 1 is 1.60 bits per heavy atom. The lowest BCUT2D eigenvalue weighted by atomic mass is 10.0. The molecule has 1 aliphatic rings. The molecule has 0 spiro atoms. The molecule has 1 fully saturated rings. The fraction of sp³-hybridized carbons (Fsp3) is 0.875. The highest BCUT2D eigenvalue weighted by molar-refractivity contribution is 4.79. The standard InChI is InChI=1S/C8H13NO/c1-7-3-2-4-8(10-7)5-6-9/h7-8H,2-5H2,1H3. The Labute approximate surface area is 61.8 Å². The van der Waals surface area contributed by atoms with Gasteiger partial charge in [0.25, 0.3) is 0 Å². The molecule has 1 aliphatic heterocycles. The first-order chi connectivity index (χ1) is 4.83. The maximum absolute atomic E-state index is 8.37. The topological polar surface area (TPSA) is 33.0 Å². The van der Waals surface area contributed by atoms with E-state index < -0.39 is 0 Å². The molecule has 0 saturated carbocycles. The van der Waals surface area contributed by atoms with E-state index in [1.165, 1.54) is 6.42 Å². The molecule has 56 valence electrons. The van der Waals surface area contributed by atoms with Crippen LogP contribution < -0.4 is 0 Å². The van der Waals surface area contributed by atoms with E-state index in [9.17, 15) is 0 Å². The first-order valence-corrected chi connectivity index (χ1v) is 3.85. The Balaban J connectivity index is 2.27. The molecule has 0 aromatic heterocycles. The van der Waals surface area contributed by atoms with Gasteiger partial charge in [0.15, 0.2) is 0 Å². The lowest BCUT2D eigenvalue weighted by Crippen LogP contribution is -2.24. The van der Waals surface area contributed by atoms with E-state index in [-0.39, 0.29) is 6.10 Å². The fourth-order valence-corrected chi connectivity index (χ4v) is 1.35. The van der Waals surface area contributed by atoms with Crippen molar-refractivity contribution in [3.05, 3.63) is 0 Å². The first kappa shape index (κ1) is 7.56. The highest BCUT2D eigenvalue weighted by Gasteiger charge is 2.17. The summed E-state index contributed by atoms with van der Waals surface area (Å²) in [5.74, 6) is 0. The molecule has 1 saturated heterocycles. The van der Waals surface area contributed by atoms with Gasteiger partial charge in [0, 0.05) is 0 Å². The van der Waals surface area contributed by atoms with Gasteiger partial charge in [0.1, 0.15) is 0 Å². The number of hydrogen-bond donors (Lipinski definition) is 0. The van der Waals surface area contributed by atoms with Crippen molar-refractivity contribution < 1.29 is 4.74 Å². The van der Waals surface area contributed by atoms with Crippen molar-refractivity contribution in [1.29, 1.82) is 5.26 Å². The number of nitriles is 1. The Hall–Kier alpha value is -0.550. The Kier molecular flexibility index (Phi) is 2.70. The van der Waals surface area contributed by atoms with Gasteiger partial charge in [-0.15, -0.1) is 0 Å². The molecule has 0 N–H and O–H groups in total. The second kappa shape index (κ2) is 3.58. The van der Waals surface area contributed by atoms with E-state index in [0.29, 0.717) is 12.5 Å². The zero-order chi connectivity index (χ0) is 7.40. The third kappa shape index (κ3) is 2.00. The van der Waals surface area contributed by atoms with E-state index in [0.717, 1.165) is 12.8 Å². The number of ether oxygens (including phenoxy) is 1. The molecular weight excluding hydrogens is 126 g/mol. The number of hydrogen-bond acceptors (Lipinski definition) is 2. The van der Waals surface area contributed by atoms with Gasteiger partial charge in [-0.05, 0) is 26.2 Å². The van der Waals surface area contributed by atoms with E-state index in [4.69, 9.17) is 10.00 Å². The Morgan fingerprint density at radius 2 is 2.40 bits per heavy atom. The SMILES string of the molecule is CC1CCCC(CC#N)O1. The van der Waals surface area contributed by atoms with E-state index in [1.807, 2.05) is 0 Å². The molecule has 0 radical (unpaired) electrons. The minimum absolute atomic E-state index is 0.216. The highest BCUT2D eigenvalue weighted by Crippen LogP contribution is 2.19. The van der Waals surface area contributed by atoms with Crippen molar-refractivity contribution in [3.63, 3.8) is 0 Å². The third-order valence-corrected chi connectivity index (χ3v) is 1.88. The molecule has 0 amide bonds. The zero-order valence-electron chi connectivity index (χ0n) is 6.34. The predicted octanol–water partition coefficient (Wildman–Crippen LogP) is 1.86. The molecule has 0 aromatic rings. The van der Waals surface area contributed by atoms with Crippen LogP contribution in [0.3, 0.4) is 0 Å². The van der Waals surface area contributed by atoms with Crippen molar-refractivity contribution in [2.24, 2.45) is 0 Å². The maximum Gasteiger partial charge on any atom is 0.0708 e. The monoisotopic (exact) mass is 139 g/mol. The van der Waals surface area contributed by atoms with Crippen molar-refractivity contribution in [3.8, 4) is 6.07 Å². The maximum atomic E-state index is 8.37. The van der Waals surface area contributed by atoms with Crippen LogP contribution in [-0.4, -0.2) is 12.2 Å². The fourth-order valence-electron chi connectivity index (χ4n) is 1.35. The molecular formula is C8H13NO. The molecule has 2 heteroatoms. The quantitative estimate of drug-likeness (QED) is 0.555. The zero-order valence-corrected chi connectivity index (χ0v) is 6.34. The molecule has 0 bridgehead atoms. The average Bonchev–Trinajstić information content (AvgIpc) is 1.88. The van der Waals surface area contributed by atoms with Gasteiger partial charge in [-0.3, -0.25) is 0 Å². The van der Waals surface area contributed by atoms with Crippen molar-refractivity contribution in [2.45, 2.75) is 44.8 Å². The lowest BCUT2D eigenvalue weighted by molar-refractivity contribution is -0.0366. The summed E-state index contributed by atoms with van der Waals surface area (Å²) < 4.78 is 5.50. The van der Waals surface area contributed by atoms with Crippen LogP contribution in [0.25, 0.3) is 0 Å². The van der Waals surface area contributed by atoms with E-state index >= 15 is 0 Å². The van der Waals surface area contributed by atoms with Crippen molar-refractivity contribution >= 4 is 0 Å². The van der Waals surface area contributed by atoms with Crippen molar-refractivity contribution in [1.82, 2.24) is 0 Å². The summed E-state index contributed by atoms with van der Waals surface area (Å²) in [4.78, 5) is 0. The Morgan fingerprint density at radius 3 is 3.00 bits per heavy atom. The van der Waals surface area contributed by atoms with Gasteiger partial charge in [-0.25, -0.2) is 0 Å². The second-order valence-corrected chi connectivity index (χ2v) is 2.86. The third-order valence-electron chi connectivity index (χ3n) is 1.88. The van der Waals surface area contributed by atoms with Crippen LogP contribution in [0, 0.1) is 11.3 Å². The lowest BCUT2D eigenvalue weighted by Gasteiger charge is -2.25. The normalized spacial score (nSPS) is 33.2. The van der Waals surface area contributed by atoms with Crippen LogP contribution in [0.5, 0.6) is 0 Å². The van der Waals surface area contributed by atoms with Crippen LogP contribution >= 0.6 is 0 Å².